The molecule has 8 heteroatoms. The number of thiol groups is 1. The SMILES string of the molecule is O=C(O)COCC(=S)N[C@@H](CCS)C(=O)O. The fraction of sp³-hybridized carbons (Fsp3) is 0.625. The minimum absolute atomic E-state index is 0.113. The molecule has 0 unspecified atom stereocenters. The zero-order chi connectivity index (χ0) is 12.6. The zero-order valence-electron chi connectivity index (χ0n) is 8.38. The number of hydrogen-bond acceptors (Lipinski definition) is 5. The molecule has 0 spiro atoms. The van der Waals surface area contributed by atoms with E-state index in [-0.39, 0.29) is 11.6 Å². The molecule has 0 fully saturated rings. The molecule has 0 amide bonds. The first-order valence-corrected chi connectivity index (χ1v) is 5.44. The largest absolute Gasteiger partial charge is 0.480 e. The molecule has 0 aliphatic carbocycles. The predicted molar refractivity (Wildman–Crippen MR) is 64.1 cm³/mol. The van der Waals surface area contributed by atoms with Gasteiger partial charge in [-0.05, 0) is 12.2 Å². The molecule has 0 heterocycles. The molecule has 16 heavy (non-hydrogen) atoms. The Balaban J connectivity index is 3.90. The Kier molecular flexibility index (Phi) is 7.86. The third-order valence-corrected chi connectivity index (χ3v) is 2.00. The number of carbonyl (C=O) groups is 2. The minimum Gasteiger partial charge on any atom is -0.480 e. The molecule has 0 aromatic carbocycles. The molecular weight excluding hydrogens is 254 g/mol. The van der Waals surface area contributed by atoms with E-state index >= 15 is 0 Å². The van der Waals surface area contributed by atoms with Crippen LogP contribution >= 0.6 is 24.8 Å². The Morgan fingerprint density at radius 2 is 2.00 bits per heavy atom. The Morgan fingerprint density at radius 1 is 1.38 bits per heavy atom. The normalized spacial score (nSPS) is 11.8. The topological polar surface area (TPSA) is 95.9 Å². The number of aliphatic carboxylic acids is 2. The lowest BCUT2D eigenvalue weighted by atomic mass is 10.2. The summed E-state index contributed by atoms with van der Waals surface area (Å²) in [5.74, 6) is -1.73. The number of thiocarbonyl (C=S) groups is 1. The smallest absolute Gasteiger partial charge is 0.329 e. The van der Waals surface area contributed by atoms with Crippen molar-refractivity contribution < 1.29 is 24.5 Å². The van der Waals surface area contributed by atoms with Crippen molar-refractivity contribution in [2.75, 3.05) is 19.0 Å². The van der Waals surface area contributed by atoms with Crippen LogP contribution in [0.15, 0.2) is 0 Å². The van der Waals surface area contributed by atoms with Crippen LogP contribution in [0.1, 0.15) is 6.42 Å². The van der Waals surface area contributed by atoms with Gasteiger partial charge in [-0.15, -0.1) is 0 Å². The summed E-state index contributed by atoms with van der Waals surface area (Å²) in [5.41, 5.74) is 0. The van der Waals surface area contributed by atoms with E-state index in [1.807, 2.05) is 0 Å². The maximum absolute atomic E-state index is 10.7. The van der Waals surface area contributed by atoms with Gasteiger partial charge in [-0.25, -0.2) is 9.59 Å². The van der Waals surface area contributed by atoms with Gasteiger partial charge in [0.05, 0.1) is 6.61 Å². The first kappa shape index (κ1) is 15.1. The molecule has 0 aliphatic heterocycles. The summed E-state index contributed by atoms with van der Waals surface area (Å²) in [7, 11) is 0. The van der Waals surface area contributed by atoms with Gasteiger partial charge in [0.1, 0.15) is 17.6 Å². The van der Waals surface area contributed by atoms with Gasteiger partial charge >= 0.3 is 11.9 Å². The first-order chi connectivity index (χ1) is 7.47. The molecule has 0 saturated heterocycles. The van der Waals surface area contributed by atoms with E-state index in [4.69, 9.17) is 27.2 Å². The molecule has 92 valence electrons. The van der Waals surface area contributed by atoms with Crippen LogP contribution < -0.4 is 5.32 Å². The molecule has 0 radical (unpaired) electrons. The highest BCUT2D eigenvalue weighted by atomic mass is 32.1. The molecule has 3 N–H and O–H groups in total. The highest BCUT2D eigenvalue weighted by Gasteiger charge is 2.17. The number of carboxylic acids is 2. The van der Waals surface area contributed by atoms with Gasteiger partial charge in [0, 0.05) is 0 Å². The van der Waals surface area contributed by atoms with Crippen molar-refractivity contribution in [3.63, 3.8) is 0 Å². The fourth-order valence-electron chi connectivity index (χ4n) is 0.854. The molecule has 0 bridgehead atoms. The van der Waals surface area contributed by atoms with E-state index in [2.05, 4.69) is 17.9 Å². The fourth-order valence-corrected chi connectivity index (χ4v) is 1.34. The van der Waals surface area contributed by atoms with Crippen LogP contribution in [0, 0.1) is 0 Å². The Bertz CT molecular complexity index is 271. The molecular formula is C8H13NO5S2. The van der Waals surface area contributed by atoms with Crippen LogP contribution in [0.4, 0.5) is 0 Å². The average Bonchev–Trinajstić information content (AvgIpc) is 2.16. The van der Waals surface area contributed by atoms with Crippen molar-refractivity contribution in [2.45, 2.75) is 12.5 Å². The maximum Gasteiger partial charge on any atom is 0.329 e. The lowest BCUT2D eigenvalue weighted by molar-refractivity contribution is -0.142. The van der Waals surface area contributed by atoms with E-state index < -0.39 is 24.6 Å². The number of nitrogens with one attached hydrogen (secondary N) is 1. The van der Waals surface area contributed by atoms with Gasteiger partial charge in [0.15, 0.2) is 0 Å². The van der Waals surface area contributed by atoms with E-state index in [9.17, 15) is 9.59 Å². The van der Waals surface area contributed by atoms with E-state index in [0.717, 1.165) is 0 Å². The van der Waals surface area contributed by atoms with Crippen LogP contribution in [0.25, 0.3) is 0 Å². The van der Waals surface area contributed by atoms with Crippen molar-refractivity contribution in [1.29, 1.82) is 0 Å². The summed E-state index contributed by atoms with van der Waals surface area (Å²) in [6.45, 7) is -0.579. The van der Waals surface area contributed by atoms with Crippen LogP contribution in [0.2, 0.25) is 0 Å². The summed E-state index contributed by atoms with van der Waals surface area (Å²) in [4.78, 5) is 21.0. The van der Waals surface area contributed by atoms with Crippen molar-refractivity contribution in [3.05, 3.63) is 0 Å². The molecule has 0 aromatic rings. The Morgan fingerprint density at radius 3 is 2.44 bits per heavy atom. The maximum atomic E-state index is 10.7. The van der Waals surface area contributed by atoms with Gasteiger partial charge in [-0.1, -0.05) is 12.2 Å². The van der Waals surface area contributed by atoms with Crippen molar-refractivity contribution in [1.82, 2.24) is 5.32 Å². The van der Waals surface area contributed by atoms with Gasteiger partial charge < -0.3 is 20.3 Å². The second-order valence-corrected chi connectivity index (χ2v) is 3.80. The van der Waals surface area contributed by atoms with E-state index in [1.54, 1.807) is 0 Å². The van der Waals surface area contributed by atoms with Crippen LogP contribution in [0.3, 0.4) is 0 Å². The monoisotopic (exact) mass is 267 g/mol. The van der Waals surface area contributed by atoms with Crippen molar-refractivity contribution >= 4 is 41.8 Å². The summed E-state index contributed by atoms with van der Waals surface area (Å²) >= 11 is 8.72. The van der Waals surface area contributed by atoms with Gasteiger partial charge in [-0.3, -0.25) is 0 Å². The molecule has 6 nitrogen and oxygen atoms in total. The predicted octanol–water partition coefficient (Wildman–Crippen LogP) is -0.222. The highest BCUT2D eigenvalue weighted by Crippen LogP contribution is 1.95. The van der Waals surface area contributed by atoms with Gasteiger partial charge in [0.25, 0.3) is 0 Å². The third kappa shape index (κ3) is 7.43. The van der Waals surface area contributed by atoms with Crippen LogP contribution in [-0.2, 0) is 14.3 Å². The molecule has 0 saturated carbocycles. The second kappa shape index (κ2) is 8.31. The summed E-state index contributed by atoms with van der Waals surface area (Å²) < 4.78 is 4.70. The third-order valence-electron chi connectivity index (χ3n) is 1.51. The average molecular weight is 267 g/mol. The van der Waals surface area contributed by atoms with Crippen molar-refractivity contribution in [3.8, 4) is 0 Å². The lowest BCUT2D eigenvalue weighted by Crippen LogP contribution is -2.42. The summed E-state index contributed by atoms with van der Waals surface area (Å²) in [6.07, 6.45) is 0.317. The van der Waals surface area contributed by atoms with E-state index in [1.165, 1.54) is 0 Å². The van der Waals surface area contributed by atoms with Gasteiger partial charge in [-0.2, -0.15) is 12.6 Å². The Labute approximate surface area is 103 Å². The number of carboxylic acid groups (broad SMARTS) is 2. The molecule has 1 atom stereocenters. The minimum atomic E-state index is -1.10. The molecule has 0 aromatic heterocycles. The number of ether oxygens (including phenoxy) is 1. The first-order valence-electron chi connectivity index (χ1n) is 4.40. The van der Waals surface area contributed by atoms with Gasteiger partial charge in [0.2, 0.25) is 0 Å². The Hall–Kier alpha value is -0.860. The highest BCUT2D eigenvalue weighted by molar-refractivity contribution is 7.80. The summed E-state index contributed by atoms with van der Waals surface area (Å²) in [5, 5.41) is 19.6. The molecule has 0 rings (SSSR count). The zero-order valence-corrected chi connectivity index (χ0v) is 10.1. The molecule has 0 aliphatic rings. The lowest BCUT2D eigenvalue weighted by Gasteiger charge is -2.14. The number of rotatable bonds is 8. The number of hydrogen-bond donors (Lipinski definition) is 4. The standard InChI is InChI=1S/C8H13NO5S2/c10-7(11)4-14-3-6(16)9-5(1-2-15)8(12)13/h5,15H,1-4H2,(H,9,16)(H,10,11)(H,12,13)/t5-/m0/s1. The van der Waals surface area contributed by atoms with E-state index in [0.29, 0.717) is 12.2 Å². The van der Waals surface area contributed by atoms with Crippen LogP contribution in [-0.4, -0.2) is 52.1 Å². The second-order valence-electron chi connectivity index (χ2n) is 2.86. The van der Waals surface area contributed by atoms with Crippen LogP contribution in [0.5, 0.6) is 0 Å². The summed E-state index contributed by atoms with van der Waals surface area (Å²) in [6, 6.07) is -0.821. The quantitative estimate of drug-likeness (QED) is 0.356. The van der Waals surface area contributed by atoms with Crippen molar-refractivity contribution in [2.24, 2.45) is 0 Å².